The highest BCUT2D eigenvalue weighted by atomic mass is 35.5. The molecule has 3 rings (SSSR count). The first kappa shape index (κ1) is 18.8. The van der Waals surface area contributed by atoms with E-state index in [0.717, 1.165) is 30.9 Å². The summed E-state index contributed by atoms with van der Waals surface area (Å²) in [5, 5.41) is 11.5. The molecule has 0 radical (unpaired) electrons. The van der Waals surface area contributed by atoms with Gasteiger partial charge in [-0.3, -0.25) is 4.79 Å². The van der Waals surface area contributed by atoms with Gasteiger partial charge in [0.1, 0.15) is 0 Å². The minimum absolute atomic E-state index is 0. The van der Waals surface area contributed by atoms with Crippen molar-refractivity contribution in [1.82, 2.24) is 20.4 Å². The fourth-order valence-corrected chi connectivity index (χ4v) is 3.16. The first-order valence-corrected chi connectivity index (χ1v) is 8.26. The van der Waals surface area contributed by atoms with Crippen molar-refractivity contribution in [2.24, 2.45) is 5.92 Å². The second-order valence-electron chi connectivity index (χ2n) is 6.09. The molecule has 1 aliphatic rings. The normalized spacial score (nSPS) is 20.3. The van der Waals surface area contributed by atoms with E-state index in [9.17, 15) is 4.79 Å². The standard InChI is InChI=1S/C17H21ClN4O.ClH/c1-11-9-19-7-6-16(11)21-17(23)15-10-20-22(12(15)2)14-5-3-4-13(18)8-14;/h3-5,8,10-11,16,19H,6-7,9H2,1-2H3,(H,21,23);1H. The second kappa shape index (κ2) is 8.01. The quantitative estimate of drug-likeness (QED) is 0.875. The van der Waals surface area contributed by atoms with Gasteiger partial charge in [0.2, 0.25) is 0 Å². The summed E-state index contributed by atoms with van der Waals surface area (Å²) in [4.78, 5) is 12.6. The fraction of sp³-hybridized carbons (Fsp3) is 0.412. The third-order valence-electron chi connectivity index (χ3n) is 4.41. The molecular weight excluding hydrogens is 347 g/mol. The predicted octanol–water partition coefficient (Wildman–Crippen LogP) is 2.98. The zero-order chi connectivity index (χ0) is 16.4. The zero-order valence-corrected chi connectivity index (χ0v) is 15.3. The van der Waals surface area contributed by atoms with Gasteiger partial charge in [0, 0.05) is 11.1 Å². The van der Waals surface area contributed by atoms with Gasteiger partial charge < -0.3 is 10.6 Å². The number of piperidine rings is 1. The van der Waals surface area contributed by atoms with Crippen LogP contribution in [0, 0.1) is 12.8 Å². The third-order valence-corrected chi connectivity index (χ3v) is 4.64. The van der Waals surface area contributed by atoms with Crippen molar-refractivity contribution in [2.45, 2.75) is 26.3 Å². The van der Waals surface area contributed by atoms with E-state index in [1.54, 1.807) is 10.9 Å². The molecule has 1 aliphatic heterocycles. The summed E-state index contributed by atoms with van der Waals surface area (Å²) in [6.45, 7) is 5.93. The van der Waals surface area contributed by atoms with Crippen molar-refractivity contribution in [1.29, 1.82) is 0 Å². The van der Waals surface area contributed by atoms with Crippen LogP contribution in [0.15, 0.2) is 30.5 Å². The van der Waals surface area contributed by atoms with Gasteiger partial charge in [-0.05, 0) is 50.6 Å². The van der Waals surface area contributed by atoms with Crippen LogP contribution in [-0.2, 0) is 0 Å². The van der Waals surface area contributed by atoms with E-state index in [-0.39, 0.29) is 24.4 Å². The molecule has 1 saturated heterocycles. The van der Waals surface area contributed by atoms with Crippen molar-refractivity contribution in [3.63, 3.8) is 0 Å². The van der Waals surface area contributed by atoms with Crippen LogP contribution in [0.5, 0.6) is 0 Å². The molecule has 2 aromatic rings. The van der Waals surface area contributed by atoms with Crippen molar-refractivity contribution in [3.8, 4) is 5.69 Å². The monoisotopic (exact) mass is 368 g/mol. The number of aromatic nitrogens is 2. The first-order chi connectivity index (χ1) is 11.1. The van der Waals surface area contributed by atoms with Crippen LogP contribution in [0.1, 0.15) is 29.4 Å². The Morgan fingerprint density at radius 3 is 2.96 bits per heavy atom. The lowest BCUT2D eigenvalue weighted by Crippen LogP contribution is -2.48. The molecule has 1 aromatic carbocycles. The van der Waals surface area contributed by atoms with Crippen molar-refractivity contribution in [3.05, 3.63) is 46.7 Å². The van der Waals surface area contributed by atoms with Crippen LogP contribution in [0.4, 0.5) is 0 Å². The van der Waals surface area contributed by atoms with Crippen LogP contribution in [-0.4, -0.2) is 34.8 Å². The number of hydrogen-bond acceptors (Lipinski definition) is 3. The summed E-state index contributed by atoms with van der Waals surface area (Å²) in [5.41, 5.74) is 2.27. The Hall–Kier alpha value is -1.56. The van der Waals surface area contributed by atoms with E-state index in [1.165, 1.54) is 0 Å². The van der Waals surface area contributed by atoms with Crippen molar-refractivity contribution in [2.75, 3.05) is 13.1 Å². The lowest BCUT2D eigenvalue weighted by Gasteiger charge is -2.30. The third kappa shape index (κ3) is 3.91. The molecule has 130 valence electrons. The number of amides is 1. The second-order valence-corrected chi connectivity index (χ2v) is 6.52. The van der Waals surface area contributed by atoms with Crippen LogP contribution >= 0.6 is 24.0 Å². The highest BCUT2D eigenvalue weighted by Crippen LogP contribution is 2.18. The van der Waals surface area contributed by atoms with Crippen LogP contribution in [0.25, 0.3) is 5.69 Å². The maximum absolute atomic E-state index is 12.6. The topological polar surface area (TPSA) is 59.0 Å². The molecule has 2 atom stereocenters. The Morgan fingerprint density at radius 1 is 1.46 bits per heavy atom. The smallest absolute Gasteiger partial charge is 0.254 e. The molecule has 24 heavy (non-hydrogen) atoms. The maximum atomic E-state index is 12.6. The fourth-order valence-electron chi connectivity index (χ4n) is 2.98. The number of halogens is 2. The molecule has 5 nitrogen and oxygen atoms in total. The van der Waals surface area contributed by atoms with Gasteiger partial charge in [0.15, 0.2) is 0 Å². The van der Waals surface area contributed by atoms with Crippen LogP contribution in [0.3, 0.4) is 0 Å². The average Bonchev–Trinajstić information content (AvgIpc) is 2.91. The van der Waals surface area contributed by atoms with Crippen LogP contribution in [0.2, 0.25) is 5.02 Å². The number of carbonyl (C=O) groups is 1. The van der Waals surface area contributed by atoms with E-state index in [2.05, 4.69) is 22.7 Å². The highest BCUT2D eigenvalue weighted by molar-refractivity contribution is 6.30. The molecule has 7 heteroatoms. The molecule has 2 unspecified atom stereocenters. The zero-order valence-electron chi connectivity index (χ0n) is 13.8. The molecular formula is C17H22Cl2N4O. The number of nitrogens with one attached hydrogen (secondary N) is 2. The Bertz CT molecular complexity index is 716. The Balaban J connectivity index is 0.00000208. The number of benzene rings is 1. The molecule has 2 heterocycles. The number of hydrogen-bond donors (Lipinski definition) is 2. The lowest BCUT2D eigenvalue weighted by atomic mass is 9.95. The highest BCUT2D eigenvalue weighted by Gasteiger charge is 2.24. The van der Waals surface area contributed by atoms with Gasteiger partial charge in [-0.25, -0.2) is 4.68 Å². The summed E-state index contributed by atoms with van der Waals surface area (Å²) >= 11 is 6.03. The Kier molecular flexibility index (Phi) is 6.27. The summed E-state index contributed by atoms with van der Waals surface area (Å²) in [7, 11) is 0. The van der Waals surface area contributed by atoms with Crippen LogP contribution < -0.4 is 10.6 Å². The number of nitrogens with zero attached hydrogens (tertiary/aromatic N) is 2. The molecule has 0 spiro atoms. The molecule has 0 saturated carbocycles. The maximum Gasteiger partial charge on any atom is 0.254 e. The summed E-state index contributed by atoms with van der Waals surface area (Å²) < 4.78 is 1.74. The van der Waals surface area contributed by atoms with Gasteiger partial charge in [-0.15, -0.1) is 12.4 Å². The molecule has 1 amide bonds. The summed E-state index contributed by atoms with van der Waals surface area (Å²) in [6, 6.07) is 7.64. The largest absolute Gasteiger partial charge is 0.349 e. The van der Waals surface area contributed by atoms with Gasteiger partial charge in [0.25, 0.3) is 5.91 Å². The van der Waals surface area contributed by atoms with E-state index in [1.807, 2.05) is 31.2 Å². The van der Waals surface area contributed by atoms with E-state index >= 15 is 0 Å². The van der Waals surface area contributed by atoms with E-state index in [0.29, 0.717) is 16.5 Å². The average molecular weight is 369 g/mol. The summed E-state index contributed by atoms with van der Waals surface area (Å²) in [5.74, 6) is 0.366. The minimum Gasteiger partial charge on any atom is -0.349 e. The van der Waals surface area contributed by atoms with E-state index in [4.69, 9.17) is 11.6 Å². The van der Waals surface area contributed by atoms with E-state index < -0.39 is 0 Å². The Morgan fingerprint density at radius 2 is 2.25 bits per heavy atom. The summed E-state index contributed by atoms with van der Waals surface area (Å²) in [6.07, 6.45) is 2.58. The van der Waals surface area contributed by atoms with Gasteiger partial charge in [-0.1, -0.05) is 24.6 Å². The molecule has 2 N–H and O–H groups in total. The minimum atomic E-state index is -0.0606. The lowest BCUT2D eigenvalue weighted by molar-refractivity contribution is 0.0913. The van der Waals surface area contributed by atoms with Gasteiger partial charge in [-0.2, -0.15) is 5.10 Å². The number of rotatable bonds is 3. The number of carbonyl (C=O) groups excluding carboxylic acids is 1. The molecule has 1 fully saturated rings. The molecule has 0 bridgehead atoms. The predicted molar refractivity (Wildman–Crippen MR) is 98.5 cm³/mol. The van der Waals surface area contributed by atoms with Crippen molar-refractivity contribution < 1.29 is 4.79 Å². The van der Waals surface area contributed by atoms with Gasteiger partial charge in [0.05, 0.1) is 23.1 Å². The van der Waals surface area contributed by atoms with Crippen molar-refractivity contribution >= 4 is 29.9 Å². The van der Waals surface area contributed by atoms with Gasteiger partial charge >= 0.3 is 0 Å². The first-order valence-electron chi connectivity index (χ1n) is 7.88. The Labute approximate surface area is 153 Å². The SMILES string of the molecule is Cc1c(C(=O)NC2CCNCC2C)cnn1-c1cccc(Cl)c1.Cl. The molecule has 1 aromatic heterocycles. The molecule has 0 aliphatic carbocycles.